The van der Waals surface area contributed by atoms with E-state index in [2.05, 4.69) is 0 Å². The highest BCUT2D eigenvalue weighted by Crippen LogP contribution is 2.35. The summed E-state index contributed by atoms with van der Waals surface area (Å²) in [5.41, 5.74) is 7.07. The SMILES string of the molecule is Nc1cc(Cl)c(OCCc2ccc(F)cc2)c(Cl)c1. The van der Waals surface area contributed by atoms with Gasteiger partial charge in [-0.05, 0) is 29.8 Å². The number of nitrogens with two attached hydrogens (primary N) is 1. The molecule has 19 heavy (non-hydrogen) atoms. The van der Waals surface area contributed by atoms with E-state index in [9.17, 15) is 4.39 Å². The molecule has 0 spiro atoms. The molecular weight excluding hydrogens is 288 g/mol. The van der Waals surface area contributed by atoms with Crippen LogP contribution in [-0.2, 0) is 6.42 Å². The smallest absolute Gasteiger partial charge is 0.156 e. The lowest BCUT2D eigenvalue weighted by Crippen LogP contribution is -2.02. The molecule has 0 unspecified atom stereocenters. The molecule has 0 atom stereocenters. The van der Waals surface area contributed by atoms with Crippen LogP contribution in [0.4, 0.5) is 10.1 Å². The quantitative estimate of drug-likeness (QED) is 0.853. The zero-order valence-electron chi connectivity index (χ0n) is 10.00. The molecule has 2 aromatic rings. The second-order valence-corrected chi connectivity index (χ2v) is 4.85. The van der Waals surface area contributed by atoms with Crippen LogP contribution >= 0.6 is 23.2 Å². The molecule has 100 valence electrons. The fourth-order valence-corrected chi connectivity index (χ4v) is 2.25. The van der Waals surface area contributed by atoms with Crippen molar-refractivity contribution in [3.63, 3.8) is 0 Å². The highest BCUT2D eigenvalue weighted by Gasteiger charge is 2.08. The molecule has 2 rings (SSSR count). The molecule has 5 heteroatoms. The molecule has 0 aromatic heterocycles. The first-order chi connectivity index (χ1) is 9.06. The van der Waals surface area contributed by atoms with Gasteiger partial charge >= 0.3 is 0 Å². The number of ether oxygens (including phenoxy) is 1. The van der Waals surface area contributed by atoms with E-state index in [0.717, 1.165) is 5.56 Å². The Balaban J connectivity index is 1.98. The maximum atomic E-state index is 12.7. The maximum Gasteiger partial charge on any atom is 0.156 e. The maximum absolute atomic E-state index is 12.7. The highest BCUT2D eigenvalue weighted by atomic mass is 35.5. The third-order valence-corrected chi connectivity index (χ3v) is 3.13. The number of hydrogen-bond acceptors (Lipinski definition) is 2. The van der Waals surface area contributed by atoms with Gasteiger partial charge in [-0.15, -0.1) is 0 Å². The lowest BCUT2D eigenvalue weighted by atomic mass is 10.2. The van der Waals surface area contributed by atoms with E-state index >= 15 is 0 Å². The topological polar surface area (TPSA) is 35.2 Å². The van der Waals surface area contributed by atoms with Crippen LogP contribution in [0.25, 0.3) is 0 Å². The van der Waals surface area contributed by atoms with Gasteiger partial charge in [-0.1, -0.05) is 35.3 Å². The first-order valence-electron chi connectivity index (χ1n) is 5.68. The van der Waals surface area contributed by atoms with Crippen LogP contribution in [0.15, 0.2) is 36.4 Å². The molecule has 0 aliphatic carbocycles. The summed E-state index contributed by atoms with van der Waals surface area (Å²) in [6.45, 7) is 0.398. The number of halogens is 3. The first kappa shape index (κ1) is 14.0. The number of nitrogen functional groups attached to an aromatic ring is 1. The van der Waals surface area contributed by atoms with E-state index in [1.54, 1.807) is 24.3 Å². The second kappa shape index (κ2) is 6.13. The summed E-state index contributed by atoms with van der Waals surface area (Å²) < 4.78 is 18.3. The molecule has 0 aliphatic rings. The van der Waals surface area contributed by atoms with Crippen LogP contribution < -0.4 is 10.5 Å². The monoisotopic (exact) mass is 299 g/mol. The summed E-state index contributed by atoms with van der Waals surface area (Å²) in [6.07, 6.45) is 0.636. The molecule has 2 N–H and O–H groups in total. The van der Waals surface area contributed by atoms with Gasteiger partial charge in [-0.3, -0.25) is 0 Å². The Hall–Kier alpha value is -1.45. The van der Waals surface area contributed by atoms with Crippen molar-refractivity contribution in [2.24, 2.45) is 0 Å². The molecule has 2 nitrogen and oxygen atoms in total. The van der Waals surface area contributed by atoms with E-state index in [1.165, 1.54) is 12.1 Å². The molecular formula is C14H12Cl2FNO. The van der Waals surface area contributed by atoms with Crippen LogP contribution in [0.5, 0.6) is 5.75 Å². The van der Waals surface area contributed by atoms with Crippen LogP contribution in [-0.4, -0.2) is 6.61 Å². The van der Waals surface area contributed by atoms with E-state index in [4.69, 9.17) is 33.7 Å². The highest BCUT2D eigenvalue weighted by molar-refractivity contribution is 6.37. The minimum absolute atomic E-state index is 0.255. The van der Waals surface area contributed by atoms with Crippen molar-refractivity contribution in [3.05, 3.63) is 57.8 Å². The molecule has 0 saturated carbocycles. The summed E-state index contributed by atoms with van der Waals surface area (Å²) in [7, 11) is 0. The van der Waals surface area contributed by atoms with Crippen molar-refractivity contribution in [3.8, 4) is 5.75 Å². The molecule has 0 amide bonds. The Morgan fingerprint density at radius 1 is 1.05 bits per heavy atom. The molecule has 0 aliphatic heterocycles. The summed E-state index contributed by atoms with van der Waals surface area (Å²) >= 11 is 12.0. The molecule has 2 aromatic carbocycles. The van der Waals surface area contributed by atoms with Gasteiger partial charge in [-0.2, -0.15) is 0 Å². The van der Waals surface area contributed by atoms with E-state index in [-0.39, 0.29) is 5.82 Å². The molecule has 0 heterocycles. The lowest BCUT2D eigenvalue weighted by Gasteiger charge is -2.10. The number of rotatable bonds is 4. The van der Waals surface area contributed by atoms with Crippen LogP contribution in [0.1, 0.15) is 5.56 Å². The Kier molecular flexibility index (Phi) is 4.51. The van der Waals surface area contributed by atoms with Crippen molar-refractivity contribution in [1.82, 2.24) is 0 Å². The average molecular weight is 300 g/mol. The first-order valence-corrected chi connectivity index (χ1v) is 6.43. The van der Waals surface area contributed by atoms with E-state index in [1.807, 2.05) is 0 Å². The van der Waals surface area contributed by atoms with Crippen LogP contribution in [0, 0.1) is 5.82 Å². The molecule has 0 fully saturated rings. The van der Waals surface area contributed by atoms with E-state index < -0.39 is 0 Å². The standard InChI is InChI=1S/C14H12Cl2FNO/c15-12-7-11(18)8-13(16)14(12)19-6-5-9-1-3-10(17)4-2-9/h1-4,7-8H,5-6,18H2. The number of benzene rings is 2. The summed E-state index contributed by atoms with van der Waals surface area (Å²) in [4.78, 5) is 0. The predicted molar refractivity (Wildman–Crippen MR) is 76.5 cm³/mol. The minimum atomic E-state index is -0.255. The van der Waals surface area contributed by atoms with Crippen molar-refractivity contribution in [2.75, 3.05) is 12.3 Å². The summed E-state index contributed by atoms with van der Waals surface area (Å²) in [5.74, 6) is 0.161. The van der Waals surface area contributed by atoms with Gasteiger partial charge in [0.1, 0.15) is 5.82 Å². The average Bonchev–Trinajstić information content (AvgIpc) is 2.34. The Bertz CT molecular complexity index is 549. The van der Waals surface area contributed by atoms with E-state index in [0.29, 0.717) is 34.5 Å². The number of anilines is 1. The van der Waals surface area contributed by atoms with Gasteiger partial charge in [0.2, 0.25) is 0 Å². The van der Waals surface area contributed by atoms with Crippen molar-refractivity contribution >= 4 is 28.9 Å². The van der Waals surface area contributed by atoms with Crippen LogP contribution in [0.2, 0.25) is 10.0 Å². The minimum Gasteiger partial charge on any atom is -0.490 e. The summed E-state index contributed by atoms with van der Waals surface area (Å²) in [6, 6.07) is 9.42. The Labute approximate surface area is 120 Å². The van der Waals surface area contributed by atoms with Gasteiger partial charge in [0.15, 0.2) is 5.75 Å². The summed E-state index contributed by atoms with van der Waals surface area (Å²) in [5, 5.41) is 0.758. The van der Waals surface area contributed by atoms with Gasteiger partial charge in [0.25, 0.3) is 0 Å². The number of hydrogen-bond donors (Lipinski definition) is 1. The molecule has 0 saturated heterocycles. The van der Waals surface area contributed by atoms with Crippen molar-refractivity contribution in [2.45, 2.75) is 6.42 Å². The second-order valence-electron chi connectivity index (χ2n) is 4.04. The third-order valence-electron chi connectivity index (χ3n) is 2.57. The largest absolute Gasteiger partial charge is 0.490 e. The van der Waals surface area contributed by atoms with Gasteiger partial charge in [0, 0.05) is 12.1 Å². The molecule has 0 bridgehead atoms. The van der Waals surface area contributed by atoms with Gasteiger partial charge in [0.05, 0.1) is 16.7 Å². The Morgan fingerprint density at radius 2 is 1.63 bits per heavy atom. The molecule has 0 radical (unpaired) electrons. The zero-order chi connectivity index (χ0) is 13.8. The Morgan fingerprint density at radius 3 is 2.21 bits per heavy atom. The normalized spacial score (nSPS) is 10.5. The predicted octanol–water partition coefficient (Wildman–Crippen LogP) is 4.34. The van der Waals surface area contributed by atoms with Gasteiger partial charge in [-0.25, -0.2) is 4.39 Å². The van der Waals surface area contributed by atoms with Crippen molar-refractivity contribution in [1.29, 1.82) is 0 Å². The van der Waals surface area contributed by atoms with Crippen molar-refractivity contribution < 1.29 is 9.13 Å². The third kappa shape index (κ3) is 3.75. The zero-order valence-corrected chi connectivity index (χ0v) is 11.5. The fourth-order valence-electron chi connectivity index (χ4n) is 1.64. The van der Waals surface area contributed by atoms with Crippen LogP contribution in [0.3, 0.4) is 0 Å². The van der Waals surface area contributed by atoms with Gasteiger partial charge < -0.3 is 10.5 Å². The fraction of sp³-hybridized carbons (Fsp3) is 0.143. The lowest BCUT2D eigenvalue weighted by molar-refractivity contribution is 0.322.